The van der Waals surface area contributed by atoms with Crippen molar-refractivity contribution in [3.8, 4) is 5.75 Å². The maximum Gasteiger partial charge on any atom is 0.288 e. The molecule has 0 aromatic heterocycles. The van der Waals surface area contributed by atoms with Crippen LogP contribution in [0.25, 0.3) is 0 Å². The predicted molar refractivity (Wildman–Crippen MR) is 103 cm³/mol. The molecule has 0 aliphatic carbocycles. The number of benzene rings is 2. The lowest BCUT2D eigenvalue weighted by molar-refractivity contribution is -0.384. The van der Waals surface area contributed by atoms with Crippen LogP contribution in [-0.2, 0) is 0 Å². The molecule has 1 aliphatic heterocycles. The number of halogens is 1. The number of methoxy groups -OCH3 is 1. The quantitative estimate of drug-likeness (QED) is 0.544. The minimum absolute atomic E-state index is 0.0270. The van der Waals surface area contributed by atoms with Crippen LogP contribution < -0.4 is 4.74 Å². The van der Waals surface area contributed by atoms with Gasteiger partial charge in [0.05, 0.1) is 18.1 Å². The summed E-state index contributed by atoms with van der Waals surface area (Å²) in [4.78, 5) is 25.6. The summed E-state index contributed by atoms with van der Waals surface area (Å²) in [5.41, 5.74) is 1.07. The van der Waals surface area contributed by atoms with E-state index in [1.807, 2.05) is 29.2 Å². The number of nitro benzene ring substituents is 1. The number of carbonyl (C=O) groups excluding carboxylic acids is 1. The van der Waals surface area contributed by atoms with Crippen LogP contribution in [-0.4, -0.2) is 29.4 Å². The first-order chi connectivity index (χ1) is 13.0. The number of carbonyl (C=O) groups is 1. The van der Waals surface area contributed by atoms with Gasteiger partial charge in [-0.25, -0.2) is 0 Å². The fraction of sp³-hybridized carbons (Fsp3) is 0.350. The van der Waals surface area contributed by atoms with Gasteiger partial charge in [0.25, 0.3) is 11.6 Å². The molecule has 7 heteroatoms. The van der Waals surface area contributed by atoms with Crippen LogP contribution in [0.1, 0.15) is 47.6 Å². The number of amides is 1. The fourth-order valence-electron chi connectivity index (χ4n) is 3.48. The molecule has 0 bridgehead atoms. The van der Waals surface area contributed by atoms with E-state index in [9.17, 15) is 14.9 Å². The second kappa shape index (κ2) is 8.39. The first-order valence-corrected chi connectivity index (χ1v) is 9.28. The Kier molecular flexibility index (Phi) is 5.96. The number of hydrogen-bond acceptors (Lipinski definition) is 4. The van der Waals surface area contributed by atoms with Crippen LogP contribution in [0, 0.1) is 10.1 Å². The highest BCUT2D eigenvalue weighted by molar-refractivity contribution is 6.32. The number of hydrogen-bond donors (Lipinski definition) is 0. The highest BCUT2D eigenvalue weighted by atomic mass is 35.5. The monoisotopic (exact) mass is 388 g/mol. The van der Waals surface area contributed by atoms with E-state index < -0.39 is 4.92 Å². The van der Waals surface area contributed by atoms with Crippen LogP contribution >= 0.6 is 11.6 Å². The van der Waals surface area contributed by atoms with Gasteiger partial charge < -0.3 is 9.64 Å². The summed E-state index contributed by atoms with van der Waals surface area (Å²) < 4.78 is 5.21. The Hall–Kier alpha value is -2.60. The molecule has 0 saturated carbocycles. The summed E-state index contributed by atoms with van der Waals surface area (Å²) in [6, 6.07) is 11.9. The predicted octanol–water partition coefficient (Wildman–Crippen LogP) is 5.01. The Balaban J connectivity index is 1.94. The topological polar surface area (TPSA) is 72.7 Å². The molecule has 1 saturated heterocycles. The third-order valence-corrected chi connectivity index (χ3v) is 5.22. The molecule has 2 aromatic carbocycles. The first kappa shape index (κ1) is 19.2. The number of nitro groups is 1. The van der Waals surface area contributed by atoms with E-state index in [0.29, 0.717) is 6.54 Å². The summed E-state index contributed by atoms with van der Waals surface area (Å²) in [6.07, 6.45) is 3.85. The molecule has 6 nitrogen and oxygen atoms in total. The maximum atomic E-state index is 13.2. The largest absolute Gasteiger partial charge is 0.497 e. The Bertz CT molecular complexity index is 838. The zero-order valence-electron chi connectivity index (χ0n) is 15.1. The lowest BCUT2D eigenvalue weighted by Gasteiger charge is -2.30. The minimum atomic E-state index is -0.567. The Morgan fingerprint density at radius 1 is 1.19 bits per heavy atom. The maximum absolute atomic E-state index is 13.2. The second-order valence-corrected chi connectivity index (χ2v) is 6.97. The van der Waals surface area contributed by atoms with E-state index in [4.69, 9.17) is 16.3 Å². The molecule has 27 heavy (non-hydrogen) atoms. The van der Waals surface area contributed by atoms with Gasteiger partial charge in [0.15, 0.2) is 0 Å². The van der Waals surface area contributed by atoms with Crippen molar-refractivity contribution in [3.63, 3.8) is 0 Å². The van der Waals surface area contributed by atoms with Gasteiger partial charge in [-0.3, -0.25) is 14.9 Å². The van der Waals surface area contributed by atoms with Gasteiger partial charge in [-0.15, -0.1) is 0 Å². The van der Waals surface area contributed by atoms with Gasteiger partial charge in [0, 0.05) is 18.2 Å². The van der Waals surface area contributed by atoms with Crippen molar-refractivity contribution in [3.05, 3.63) is 68.7 Å². The van der Waals surface area contributed by atoms with Crippen LogP contribution in [0.2, 0.25) is 5.02 Å². The van der Waals surface area contributed by atoms with E-state index >= 15 is 0 Å². The van der Waals surface area contributed by atoms with Crippen molar-refractivity contribution in [2.24, 2.45) is 0 Å². The van der Waals surface area contributed by atoms with Crippen molar-refractivity contribution in [1.29, 1.82) is 0 Å². The van der Waals surface area contributed by atoms with Crippen LogP contribution in [0.5, 0.6) is 5.75 Å². The lowest BCUT2D eigenvalue weighted by atomic mass is 10.00. The Labute approximate surface area is 162 Å². The van der Waals surface area contributed by atoms with Crippen molar-refractivity contribution < 1.29 is 14.5 Å². The number of nitrogens with zero attached hydrogens (tertiary/aromatic N) is 2. The average molecular weight is 389 g/mol. The molecule has 2 aromatic rings. The molecule has 0 spiro atoms. The van der Waals surface area contributed by atoms with Gasteiger partial charge in [0.2, 0.25) is 0 Å². The smallest absolute Gasteiger partial charge is 0.288 e. The summed E-state index contributed by atoms with van der Waals surface area (Å²) in [5.74, 6) is 0.552. The van der Waals surface area contributed by atoms with Gasteiger partial charge in [-0.2, -0.15) is 0 Å². The lowest BCUT2D eigenvalue weighted by Crippen LogP contribution is -2.34. The van der Waals surface area contributed by atoms with Crippen molar-refractivity contribution >= 4 is 23.2 Å². The molecule has 0 unspecified atom stereocenters. The van der Waals surface area contributed by atoms with Crippen LogP contribution in [0.15, 0.2) is 42.5 Å². The zero-order valence-corrected chi connectivity index (χ0v) is 15.8. The normalized spacial score (nSPS) is 17.3. The third kappa shape index (κ3) is 4.22. The highest BCUT2D eigenvalue weighted by Crippen LogP contribution is 2.33. The summed E-state index contributed by atoms with van der Waals surface area (Å²) in [5, 5.41) is 11.2. The average Bonchev–Trinajstić information content (AvgIpc) is 2.93. The standard InChI is InChI=1S/C20H21ClN2O4/c1-27-16-9-6-14(7-10-16)18-5-3-2-4-12-22(18)20(24)15-8-11-17(21)19(13-15)23(25)26/h6-11,13,18H,2-5,12H2,1H3/t18-/m0/s1. The molecule has 1 heterocycles. The van der Waals surface area contributed by atoms with E-state index in [2.05, 4.69) is 0 Å². The molecule has 3 rings (SSSR count). The van der Waals surface area contributed by atoms with Crippen LogP contribution in [0.4, 0.5) is 5.69 Å². The molecule has 1 fully saturated rings. The Morgan fingerprint density at radius 2 is 1.93 bits per heavy atom. The molecular weight excluding hydrogens is 368 g/mol. The SMILES string of the molecule is COc1ccc([C@@H]2CCCCCN2C(=O)c2ccc(Cl)c([N+](=O)[O-])c2)cc1. The fourth-order valence-corrected chi connectivity index (χ4v) is 3.66. The van der Waals surface area contributed by atoms with E-state index in [-0.39, 0.29) is 28.2 Å². The number of likely N-dealkylation sites (tertiary alicyclic amines) is 1. The first-order valence-electron chi connectivity index (χ1n) is 8.90. The molecule has 1 amide bonds. The Morgan fingerprint density at radius 3 is 2.59 bits per heavy atom. The number of ether oxygens (including phenoxy) is 1. The summed E-state index contributed by atoms with van der Waals surface area (Å²) >= 11 is 5.88. The van der Waals surface area contributed by atoms with Crippen molar-refractivity contribution in [2.75, 3.05) is 13.7 Å². The second-order valence-electron chi connectivity index (χ2n) is 6.56. The van der Waals surface area contributed by atoms with E-state index in [0.717, 1.165) is 37.0 Å². The van der Waals surface area contributed by atoms with E-state index in [1.165, 1.54) is 12.1 Å². The molecule has 1 aliphatic rings. The highest BCUT2D eigenvalue weighted by Gasteiger charge is 2.29. The van der Waals surface area contributed by atoms with E-state index in [1.54, 1.807) is 13.2 Å². The minimum Gasteiger partial charge on any atom is -0.497 e. The molecular formula is C20H21ClN2O4. The molecule has 142 valence electrons. The van der Waals surface area contributed by atoms with Gasteiger partial charge in [-0.05, 0) is 42.7 Å². The molecule has 0 radical (unpaired) electrons. The number of rotatable bonds is 4. The van der Waals surface area contributed by atoms with Crippen LogP contribution in [0.3, 0.4) is 0 Å². The van der Waals surface area contributed by atoms with Gasteiger partial charge >= 0.3 is 0 Å². The summed E-state index contributed by atoms with van der Waals surface area (Å²) in [6.45, 7) is 0.617. The third-order valence-electron chi connectivity index (χ3n) is 4.90. The summed E-state index contributed by atoms with van der Waals surface area (Å²) in [7, 11) is 1.62. The zero-order chi connectivity index (χ0) is 19.4. The van der Waals surface area contributed by atoms with Gasteiger partial charge in [-0.1, -0.05) is 36.6 Å². The molecule has 0 N–H and O–H groups in total. The van der Waals surface area contributed by atoms with Crippen molar-refractivity contribution in [1.82, 2.24) is 4.90 Å². The van der Waals surface area contributed by atoms with Crippen molar-refractivity contribution in [2.45, 2.75) is 31.7 Å². The molecule has 1 atom stereocenters. The van der Waals surface area contributed by atoms with Gasteiger partial charge in [0.1, 0.15) is 10.8 Å².